The van der Waals surface area contributed by atoms with Gasteiger partial charge in [-0.2, -0.15) is 0 Å². The summed E-state index contributed by atoms with van der Waals surface area (Å²) in [5.74, 6) is 5.42. The third-order valence-corrected chi connectivity index (χ3v) is 2.23. The molecule has 1 heterocycles. The van der Waals surface area contributed by atoms with Crippen molar-refractivity contribution in [3.05, 3.63) is 0 Å². The van der Waals surface area contributed by atoms with Crippen molar-refractivity contribution >= 4 is 5.96 Å². The number of likely N-dealkylation sites (tertiary alicyclic amines) is 1. The second-order valence-corrected chi connectivity index (χ2v) is 3.52. The molecular weight excluding hydrogens is 166 g/mol. The van der Waals surface area contributed by atoms with Crippen molar-refractivity contribution in [3.8, 4) is 0 Å². The van der Waals surface area contributed by atoms with Crippen LogP contribution >= 0.6 is 0 Å². The van der Waals surface area contributed by atoms with Gasteiger partial charge in [0.15, 0.2) is 0 Å². The van der Waals surface area contributed by atoms with Gasteiger partial charge in [-0.3, -0.25) is 5.43 Å². The van der Waals surface area contributed by atoms with E-state index in [4.69, 9.17) is 11.6 Å². The van der Waals surface area contributed by atoms with Gasteiger partial charge in [0.05, 0.1) is 6.04 Å². The van der Waals surface area contributed by atoms with E-state index in [1.54, 1.807) is 0 Å². The van der Waals surface area contributed by atoms with Gasteiger partial charge in [0.25, 0.3) is 0 Å². The Hall–Kier alpha value is -0.810. The van der Waals surface area contributed by atoms with E-state index in [0.29, 0.717) is 5.96 Å². The fourth-order valence-corrected chi connectivity index (χ4v) is 1.65. The highest BCUT2D eigenvalue weighted by atomic mass is 15.3. The predicted octanol–water partition coefficient (Wildman–Crippen LogP) is -0.751. The van der Waals surface area contributed by atoms with Crippen molar-refractivity contribution in [2.75, 3.05) is 19.6 Å². The standard InChI is InChI=1S/C8H19N5/c1-7(11-8(9)12-10)6-13-4-2-3-5-13/h7H,2-6,10H2,1H3,(H3,9,11,12). The number of nitrogens with zero attached hydrogens (tertiary/aromatic N) is 2. The van der Waals surface area contributed by atoms with Crippen LogP contribution in [0.25, 0.3) is 0 Å². The normalized spacial score (nSPS) is 21.8. The van der Waals surface area contributed by atoms with Crippen LogP contribution in [-0.2, 0) is 0 Å². The fraction of sp³-hybridized carbons (Fsp3) is 0.875. The molecule has 0 radical (unpaired) electrons. The van der Waals surface area contributed by atoms with E-state index >= 15 is 0 Å². The molecule has 1 rings (SSSR count). The second kappa shape index (κ2) is 5.04. The van der Waals surface area contributed by atoms with Crippen LogP contribution in [0, 0.1) is 0 Å². The number of nitrogens with one attached hydrogen (secondary N) is 1. The summed E-state index contributed by atoms with van der Waals surface area (Å²) in [5, 5.41) is 0. The highest BCUT2D eigenvalue weighted by Gasteiger charge is 2.13. The quantitative estimate of drug-likeness (QED) is 0.234. The van der Waals surface area contributed by atoms with Gasteiger partial charge in [-0.15, -0.1) is 0 Å². The summed E-state index contributed by atoms with van der Waals surface area (Å²) in [7, 11) is 0. The Labute approximate surface area is 79.1 Å². The molecule has 1 unspecified atom stereocenters. The van der Waals surface area contributed by atoms with E-state index in [2.05, 4.69) is 15.3 Å². The largest absolute Gasteiger partial charge is 0.369 e. The number of guanidine groups is 1. The number of aliphatic imine (C=N–C) groups is 1. The smallest absolute Gasteiger partial charge is 0.203 e. The monoisotopic (exact) mass is 185 g/mol. The molecule has 5 nitrogen and oxygen atoms in total. The van der Waals surface area contributed by atoms with E-state index in [0.717, 1.165) is 6.54 Å². The summed E-state index contributed by atoms with van der Waals surface area (Å²) in [6, 6.07) is 0.217. The molecule has 1 atom stereocenters. The molecule has 0 bridgehead atoms. The Morgan fingerprint density at radius 3 is 2.69 bits per heavy atom. The minimum atomic E-state index is 0.217. The molecule has 5 N–H and O–H groups in total. The van der Waals surface area contributed by atoms with Gasteiger partial charge in [0, 0.05) is 6.54 Å². The molecule has 0 aromatic rings. The van der Waals surface area contributed by atoms with E-state index in [1.165, 1.54) is 25.9 Å². The summed E-state index contributed by atoms with van der Waals surface area (Å²) in [6.45, 7) is 5.40. The van der Waals surface area contributed by atoms with Crippen molar-refractivity contribution in [1.29, 1.82) is 0 Å². The van der Waals surface area contributed by atoms with Gasteiger partial charge >= 0.3 is 0 Å². The van der Waals surface area contributed by atoms with Gasteiger partial charge in [0.2, 0.25) is 5.96 Å². The first-order valence-electron chi connectivity index (χ1n) is 4.74. The van der Waals surface area contributed by atoms with Crippen molar-refractivity contribution in [1.82, 2.24) is 10.3 Å². The molecule has 13 heavy (non-hydrogen) atoms. The van der Waals surface area contributed by atoms with Gasteiger partial charge in [-0.25, -0.2) is 10.8 Å². The van der Waals surface area contributed by atoms with Crippen LogP contribution in [0.2, 0.25) is 0 Å². The Morgan fingerprint density at radius 1 is 1.54 bits per heavy atom. The first-order chi connectivity index (χ1) is 6.22. The Morgan fingerprint density at radius 2 is 2.15 bits per heavy atom. The summed E-state index contributed by atoms with van der Waals surface area (Å²) in [4.78, 5) is 6.58. The van der Waals surface area contributed by atoms with E-state index in [-0.39, 0.29) is 6.04 Å². The first-order valence-corrected chi connectivity index (χ1v) is 4.74. The van der Waals surface area contributed by atoms with Crippen molar-refractivity contribution < 1.29 is 0 Å². The van der Waals surface area contributed by atoms with E-state index in [9.17, 15) is 0 Å². The Kier molecular flexibility index (Phi) is 3.98. The predicted molar refractivity (Wildman–Crippen MR) is 54.1 cm³/mol. The number of nitrogens with two attached hydrogens (primary N) is 2. The van der Waals surface area contributed by atoms with Gasteiger partial charge in [-0.1, -0.05) is 0 Å². The van der Waals surface area contributed by atoms with Crippen LogP contribution in [-0.4, -0.2) is 36.5 Å². The number of rotatable bonds is 3. The highest BCUT2D eigenvalue weighted by Crippen LogP contribution is 2.08. The highest BCUT2D eigenvalue weighted by molar-refractivity contribution is 5.77. The van der Waals surface area contributed by atoms with Crippen LogP contribution in [0.3, 0.4) is 0 Å². The Bertz CT molecular complexity index is 173. The van der Waals surface area contributed by atoms with E-state index in [1.807, 2.05) is 6.92 Å². The maximum absolute atomic E-state index is 5.44. The molecule has 5 heteroatoms. The average molecular weight is 185 g/mol. The number of hydrogen-bond acceptors (Lipinski definition) is 3. The zero-order valence-corrected chi connectivity index (χ0v) is 8.16. The van der Waals surface area contributed by atoms with Crippen molar-refractivity contribution in [2.24, 2.45) is 16.6 Å². The lowest BCUT2D eigenvalue weighted by molar-refractivity contribution is 0.321. The fourth-order valence-electron chi connectivity index (χ4n) is 1.65. The maximum Gasteiger partial charge on any atom is 0.203 e. The molecule has 76 valence electrons. The molecule has 1 aliphatic rings. The second-order valence-electron chi connectivity index (χ2n) is 3.52. The third kappa shape index (κ3) is 3.61. The van der Waals surface area contributed by atoms with Crippen LogP contribution in [0.1, 0.15) is 19.8 Å². The van der Waals surface area contributed by atoms with Crippen LogP contribution in [0.4, 0.5) is 0 Å². The van der Waals surface area contributed by atoms with Crippen LogP contribution < -0.4 is 17.0 Å². The van der Waals surface area contributed by atoms with Crippen molar-refractivity contribution in [3.63, 3.8) is 0 Å². The SMILES string of the molecule is CC(CN1CCCC1)N=C(N)NN. The van der Waals surface area contributed by atoms with Crippen LogP contribution in [0.15, 0.2) is 4.99 Å². The minimum Gasteiger partial charge on any atom is -0.369 e. The van der Waals surface area contributed by atoms with Crippen LogP contribution in [0.5, 0.6) is 0 Å². The summed E-state index contributed by atoms with van der Waals surface area (Å²) < 4.78 is 0. The zero-order valence-electron chi connectivity index (χ0n) is 8.16. The summed E-state index contributed by atoms with van der Waals surface area (Å²) in [6.07, 6.45) is 2.61. The van der Waals surface area contributed by atoms with Gasteiger partial charge in [0.1, 0.15) is 0 Å². The molecule has 1 saturated heterocycles. The molecule has 0 saturated carbocycles. The number of hydrogen-bond donors (Lipinski definition) is 3. The van der Waals surface area contributed by atoms with Gasteiger partial charge < -0.3 is 10.6 Å². The molecule has 1 fully saturated rings. The molecule has 0 aliphatic carbocycles. The molecule has 0 spiro atoms. The average Bonchev–Trinajstić information content (AvgIpc) is 2.56. The lowest BCUT2D eigenvalue weighted by Gasteiger charge is -2.17. The molecule has 0 amide bonds. The first kappa shape index (κ1) is 10.3. The zero-order chi connectivity index (χ0) is 9.68. The molecule has 0 aromatic heterocycles. The summed E-state index contributed by atoms with van der Waals surface area (Å²) in [5.41, 5.74) is 7.77. The van der Waals surface area contributed by atoms with E-state index < -0.39 is 0 Å². The van der Waals surface area contributed by atoms with Gasteiger partial charge in [-0.05, 0) is 32.9 Å². The summed E-state index contributed by atoms with van der Waals surface area (Å²) >= 11 is 0. The lowest BCUT2D eigenvalue weighted by Crippen LogP contribution is -2.39. The maximum atomic E-state index is 5.44. The Balaban J connectivity index is 2.27. The molecule has 1 aliphatic heterocycles. The third-order valence-electron chi connectivity index (χ3n) is 2.23. The van der Waals surface area contributed by atoms with Crippen molar-refractivity contribution in [2.45, 2.75) is 25.8 Å². The lowest BCUT2D eigenvalue weighted by atomic mass is 10.3. The number of hydrazine groups is 1. The molecular formula is C8H19N5. The minimum absolute atomic E-state index is 0.217. The molecule has 0 aromatic carbocycles. The topological polar surface area (TPSA) is 79.7 Å².